The maximum Gasteiger partial charge on any atom is 0.312 e. The normalized spacial score (nSPS) is 22.8. The van der Waals surface area contributed by atoms with Gasteiger partial charge in [-0.25, -0.2) is 9.37 Å². The Bertz CT molecular complexity index is 867. The van der Waals surface area contributed by atoms with E-state index < -0.39 is 11.2 Å². The maximum atomic E-state index is 14.3. The van der Waals surface area contributed by atoms with Crippen LogP contribution < -0.4 is 0 Å². The summed E-state index contributed by atoms with van der Waals surface area (Å²) in [6.07, 6.45) is 4.61. The second-order valence-corrected chi connectivity index (χ2v) is 8.06. The molecule has 1 fully saturated rings. The summed E-state index contributed by atoms with van der Waals surface area (Å²) in [6.45, 7) is 3.08. The molecule has 1 aliphatic heterocycles. The van der Waals surface area contributed by atoms with Crippen LogP contribution in [0.1, 0.15) is 31.0 Å². The van der Waals surface area contributed by atoms with Crippen molar-refractivity contribution in [1.29, 1.82) is 0 Å². The predicted octanol–water partition coefficient (Wildman–Crippen LogP) is 4.31. The highest BCUT2D eigenvalue weighted by atomic mass is 35.5. The SMILES string of the molecule is COC(=O)C1(Cc2cncc(Cl)n2)CCN(Cc2cccc(Cl)c2F)C(C)C1. The molecular weight excluding hydrogens is 404 g/mol. The van der Waals surface area contributed by atoms with Crippen molar-refractivity contribution in [1.82, 2.24) is 14.9 Å². The van der Waals surface area contributed by atoms with Crippen molar-refractivity contribution >= 4 is 29.2 Å². The fourth-order valence-corrected chi connectivity index (χ4v) is 4.30. The van der Waals surface area contributed by atoms with E-state index in [1.165, 1.54) is 19.4 Å². The monoisotopic (exact) mass is 425 g/mol. The first-order valence-electron chi connectivity index (χ1n) is 9.06. The maximum absolute atomic E-state index is 14.3. The highest BCUT2D eigenvalue weighted by Gasteiger charge is 2.45. The number of benzene rings is 1. The number of aromatic nitrogens is 2. The fraction of sp³-hybridized carbons (Fsp3) is 0.450. The predicted molar refractivity (Wildman–Crippen MR) is 106 cm³/mol. The number of ether oxygens (including phenoxy) is 1. The summed E-state index contributed by atoms with van der Waals surface area (Å²) in [5.74, 6) is -0.662. The number of nitrogens with zero attached hydrogens (tertiary/aromatic N) is 3. The second kappa shape index (κ2) is 8.72. The molecule has 0 aliphatic carbocycles. The molecule has 0 radical (unpaired) electrons. The van der Waals surface area contributed by atoms with Gasteiger partial charge in [0.25, 0.3) is 0 Å². The van der Waals surface area contributed by atoms with Gasteiger partial charge in [-0.3, -0.25) is 14.7 Å². The van der Waals surface area contributed by atoms with Crippen molar-refractivity contribution in [2.75, 3.05) is 13.7 Å². The van der Waals surface area contributed by atoms with Gasteiger partial charge in [0.1, 0.15) is 11.0 Å². The Morgan fingerprint density at radius 1 is 1.39 bits per heavy atom. The summed E-state index contributed by atoms with van der Waals surface area (Å²) in [7, 11) is 1.39. The molecule has 1 aromatic carbocycles. The van der Waals surface area contributed by atoms with Gasteiger partial charge < -0.3 is 4.74 Å². The molecule has 2 aromatic rings. The zero-order chi connectivity index (χ0) is 20.3. The number of methoxy groups -OCH3 is 1. The molecular formula is C20H22Cl2FN3O2. The van der Waals surface area contributed by atoms with Gasteiger partial charge in [-0.05, 0) is 32.4 Å². The summed E-state index contributed by atoms with van der Waals surface area (Å²) < 4.78 is 19.4. The number of piperidine rings is 1. The molecule has 0 spiro atoms. The summed E-state index contributed by atoms with van der Waals surface area (Å²) in [5.41, 5.74) is 0.488. The van der Waals surface area contributed by atoms with E-state index in [1.54, 1.807) is 18.3 Å². The van der Waals surface area contributed by atoms with E-state index in [4.69, 9.17) is 27.9 Å². The zero-order valence-corrected chi connectivity index (χ0v) is 17.3. The van der Waals surface area contributed by atoms with E-state index in [1.807, 2.05) is 6.92 Å². The highest BCUT2D eigenvalue weighted by Crippen LogP contribution is 2.39. The topological polar surface area (TPSA) is 55.3 Å². The number of rotatable bonds is 5. The zero-order valence-electron chi connectivity index (χ0n) is 15.8. The number of carbonyl (C=O) groups excluding carboxylic acids is 1. The van der Waals surface area contributed by atoms with Crippen LogP contribution in [0.4, 0.5) is 4.39 Å². The Balaban J connectivity index is 1.79. The number of carbonyl (C=O) groups is 1. The van der Waals surface area contributed by atoms with Gasteiger partial charge in [-0.15, -0.1) is 0 Å². The van der Waals surface area contributed by atoms with Gasteiger partial charge in [-0.2, -0.15) is 0 Å². The minimum Gasteiger partial charge on any atom is -0.469 e. The largest absolute Gasteiger partial charge is 0.469 e. The van der Waals surface area contributed by atoms with Crippen LogP contribution in [0.15, 0.2) is 30.6 Å². The number of likely N-dealkylation sites (tertiary alicyclic amines) is 1. The van der Waals surface area contributed by atoms with Crippen LogP contribution >= 0.6 is 23.2 Å². The summed E-state index contributed by atoms with van der Waals surface area (Å²) in [6, 6.07) is 5.05. The van der Waals surface area contributed by atoms with Crippen molar-refractivity contribution in [3.8, 4) is 0 Å². The van der Waals surface area contributed by atoms with Crippen LogP contribution in [-0.4, -0.2) is 40.5 Å². The highest BCUT2D eigenvalue weighted by molar-refractivity contribution is 6.30. The standard InChI is InChI=1S/C20H22Cl2FN3O2/c1-13-8-20(19(27)28-2,9-15-10-24-11-17(22)25-15)6-7-26(13)12-14-4-3-5-16(21)18(14)23/h3-5,10-11,13H,6-9,12H2,1-2H3. The van der Waals surface area contributed by atoms with E-state index in [2.05, 4.69) is 14.9 Å². The second-order valence-electron chi connectivity index (χ2n) is 7.27. The molecule has 5 nitrogen and oxygen atoms in total. The molecule has 2 unspecified atom stereocenters. The molecule has 0 saturated carbocycles. The lowest BCUT2D eigenvalue weighted by molar-refractivity contribution is -0.157. The third kappa shape index (κ3) is 4.45. The van der Waals surface area contributed by atoms with Gasteiger partial charge in [0.05, 0.1) is 29.4 Å². The van der Waals surface area contributed by atoms with E-state index in [-0.39, 0.29) is 17.0 Å². The Labute approximate surface area is 173 Å². The number of esters is 1. The van der Waals surface area contributed by atoms with Crippen molar-refractivity contribution < 1.29 is 13.9 Å². The minimum absolute atomic E-state index is 0.0402. The van der Waals surface area contributed by atoms with Crippen molar-refractivity contribution in [2.45, 2.75) is 38.8 Å². The van der Waals surface area contributed by atoms with Crippen LogP contribution in [0.25, 0.3) is 0 Å². The summed E-state index contributed by atoms with van der Waals surface area (Å²) in [5, 5.41) is 0.407. The molecule has 0 amide bonds. The average molecular weight is 426 g/mol. The molecule has 1 saturated heterocycles. The Hall–Kier alpha value is -1.76. The lowest BCUT2D eigenvalue weighted by atomic mass is 9.72. The minimum atomic E-state index is -0.711. The van der Waals surface area contributed by atoms with Gasteiger partial charge >= 0.3 is 5.97 Å². The molecule has 8 heteroatoms. The van der Waals surface area contributed by atoms with E-state index in [0.717, 1.165) is 0 Å². The first-order chi connectivity index (χ1) is 13.3. The molecule has 0 N–H and O–H groups in total. The molecule has 1 aromatic heterocycles. The summed E-state index contributed by atoms with van der Waals surface area (Å²) >= 11 is 11.8. The number of hydrogen-bond acceptors (Lipinski definition) is 5. The molecule has 28 heavy (non-hydrogen) atoms. The number of hydrogen-bond donors (Lipinski definition) is 0. The molecule has 2 heterocycles. The molecule has 3 rings (SSSR count). The van der Waals surface area contributed by atoms with Gasteiger partial charge in [0.2, 0.25) is 0 Å². The van der Waals surface area contributed by atoms with Gasteiger partial charge in [-0.1, -0.05) is 35.3 Å². The first kappa shape index (κ1) is 21.0. The van der Waals surface area contributed by atoms with E-state index in [0.29, 0.717) is 48.8 Å². The van der Waals surface area contributed by atoms with E-state index in [9.17, 15) is 9.18 Å². The van der Waals surface area contributed by atoms with Crippen molar-refractivity contribution in [3.05, 3.63) is 57.8 Å². The lowest BCUT2D eigenvalue weighted by Crippen LogP contribution is -2.50. The fourth-order valence-electron chi connectivity index (χ4n) is 3.95. The van der Waals surface area contributed by atoms with Crippen LogP contribution in [0, 0.1) is 11.2 Å². The Morgan fingerprint density at radius 3 is 2.86 bits per heavy atom. The van der Waals surface area contributed by atoms with Crippen LogP contribution in [0.5, 0.6) is 0 Å². The quantitative estimate of drug-likeness (QED) is 0.667. The van der Waals surface area contributed by atoms with Crippen molar-refractivity contribution in [3.63, 3.8) is 0 Å². The van der Waals surface area contributed by atoms with Crippen LogP contribution in [0.3, 0.4) is 0 Å². The van der Waals surface area contributed by atoms with Crippen molar-refractivity contribution in [2.24, 2.45) is 5.41 Å². The van der Waals surface area contributed by atoms with Crippen LogP contribution in [0.2, 0.25) is 10.2 Å². The first-order valence-corrected chi connectivity index (χ1v) is 9.82. The van der Waals surface area contributed by atoms with Crippen LogP contribution in [-0.2, 0) is 22.5 Å². The Kier molecular flexibility index (Phi) is 6.53. The molecule has 0 bridgehead atoms. The molecule has 150 valence electrons. The molecule has 2 atom stereocenters. The lowest BCUT2D eigenvalue weighted by Gasteiger charge is -2.43. The summed E-state index contributed by atoms with van der Waals surface area (Å²) in [4.78, 5) is 23.2. The third-order valence-electron chi connectivity index (χ3n) is 5.39. The van der Waals surface area contributed by atoms with Gasteiger partial charge in [0, 0.05) is 30.8 Å². The van der Waals surface area contributed by atoms with Gasteiger partial charge in [0.15, 0.2) is 0 Å². The smallest absolute Gasteiger partial charge is 0.312 e. The molecule has 1 aliphatic rings. The number of halogens is 3. The average Bonchev–Trinajstić information content (AvgIpc) is 2.66. The Morgan fingerprint density at radius 2 is 2.18 bits per heavy atom. The third-order valence-corrected chi connectivity index (χ3v) is 5.86. The van der Waals surface area contributed by atoms with E-state index >= 15 is 0 Å².